The van der Waals surface area contributed by atoms with E-state index in [1.165, 1.54) is 17.7 Å². The van der Waals surface area contributed by atoms with Gasteiger partial charge < -0.3 is 4.74 Å². The summed E-state index contributed by atoms with van der Waals surface area (Å²) in [4.78, 5) is 15.2. The second-order valence-corrected chi connectivity index (χ2v) is 6.21. The second-order valence-electron chi connectivity index (χ2n) is 4.45. The van der Waals surface area contributed by atoms with Crippen LogP contribution in [0.1, 0.15) is 18.7 Å². The van der Waals surface area contributed by atoms with Crippen LogP contribution in [0, 0.1) is 5.92 Å². The molecule has 0 amide bonds. The van der Waals surface area contributed by atoms with Gasteiger partial charge in [0.2, 0.25) is 0 Å². The Morgan fingerprint density at radius 2 is 2.25 bits per heavy atom. The predicted molar refractivity (Wildman–Crippen MR) is 68.5 cm³/mol. The van der Waals surface area contributed by atoms with Crippen molar-refractivity contribution in [2.45, 2.75) is 19.4 Å². The summed E-state index contributed by atoms with van der Waals surface area (Å²) in [6, 6.07) is 0. The van der Waals surface area contributed by atoms with Crippen LogP contribution in [-0.4, -0.2) is 54.1 Å². The van der Waals surface area contributed by atoms with Crippen LogP contribution in [-0.2, 0) is 26.3 Å². The molecule has 0 aromatic carbocycles. The minimum atomic E-state index is -3.57. The highest BCUT2D eigenvalue weighted by Gasteiger charge is 2.31. The average molecular weight is 303 g/mol. The maximum absolute atomic E-state index is 12.1. The fourth-order valence-corrected chi connectivity index (χ4v) is 3.26. The summed E-state index contributed by atoms with van der Waals surface area (Å²) in [5, 5.41) is 6.21. The first-order valence-electron chi connectivity index (χ1n) is 6.19. The number of ether oxygens (including phenoxy) is 1. The quantitative estimate of drug-likeness (QED) is 0.675. The van der Waals surface area contributed by atoms with Crippen LogP contribution in [0.3, 0.4) is 0 Å². The number of H-pyrrole nitrogens is 1. The lowest BCUT2D eigenvalue weighted by Crippen LogP contribution is -2.45. The van der Waals surface area contributed by atoms with Gasteiger partial charge in [-0.1, -0.05) is 0 Å². The highest BCUT2D eigenvalue weighted by atomic mass is 32.2. The fraction of sp³-hybridized carbons (Fsp3) is 0.700. The van der Waals surface area contributed by atoms with E-state index in [2.05, 4.69) is 24.6 Å². The normalized spacial score (nSPS) is 18.1. The van der Waals surface area contributed by atoms with Crippen LogP contribution < -0.4 is 4.72 Å². The van der Waals surface area contributed by atoms with Crippen molar-refractivity contribution >= 4 is 16.2 Å². The molecule has 112 valence electrons. The van der Waals surface area contributed by atoms with Crippen LogP contribution in [0.15, 0.2) is 6.33 Å². The molecule has 9 nitrogen and oxygen atoms in total. The maximum atomic E-state index is 12.1. The SMILES string of the molecule is COC(=O)C1CCN(S(=O)(=O)NCc2ncn[nH]2)CC1. The van der Waals surface area contributed by atoms with E-state index >= 15 is 0 Å². The molecule has 0 bridgehead atoms. The fourth-order valence-electron chi connectivity index (χ4n) is 2.07. The molecule has 0 atom stereocenters. The number of carbonyl (C=O) groups excluding carboxylic acids is 1. The van der Waals surface area contributed by atoms with Crippen molar-refractivity contribution in [2.24, 2.45) is 5.92 Å². The number of esters is 1. The van der Waals surface area contributed by atoms with Gasteiger partial charge in [0.15, 0.2) is 0 Å². The summed E-state index contributed by atoms with van der Waals surface area (Å²) in [6.45, 7) is 0.649. The predicted octanol–water partition coefficient (Wildman–Crippen LogP) is -0.976. The van der Waals surface area contributed by atoms with E-state index < -0.39 is 10.2 Å². The first-order valence-corrected chi connectivity index (χ1v) is 7.63. The molecule has 1 fully saturated rings. The molecule has 20 heavy (non-hydrogen) atoms. The number of nitrogens with one attached hydrogen (secondary N) is 2. The summed E-state index contributed by atoms with van der Waals surface area (Å²) < 4.78 is 32.6. The van der Waals surface area contributed by atoms with Crippen LogP contribution in [0.25, 0.3) is 0 Å². The van der Waals surface area contributed by atoms with Crippen molar-refractivity contribution in [3.63, 3.8) is 0 Å². The molecule has 1 aromatic heterocycles. The zero-order valence-corrected chi connectivity index (χ0v) is 11.9. The van der Waals surface area contributed by atoms with Crippen LogP contribution in [0.2, 0.25) is 0 Å². The molecule has 0 unspecified atom stereocenters. The first-order chi connectivity index (χ1) is 9.53. The molecule has 1 aliphatic rings. The number of nitrogens with zero attached hydrogens (tertiary/aromatic N) is 3. The van der Waals surface area contributed by atoms with E-state index in [4.69, 9.17) is 0 Å². The third-order valence-electron chi connectivity index (χ3n) is 3.22. The number of rotatable bonds is 5. The molecule has 0 aliphatic carbocycles. The van der Waals surface area contributed by atoms with Gasteiger partial charge in [0, 0.05) is 13.1 Å². The second kappa shape index (κ2) is 6.29. The van der Waals surface area contributed by atoms with E-state index in [-0.39, 0.29) is 18.4 Å². The summed E-state index contributed by atoms with van der Waals surface area (Å²) in [7, 11) is -2.23. The van der Waals surface area contributed by atoms with E-state index in [0.29, 0.717) is 31.8 Å². The number of carbonyl (C=O) groups is 1. The highest BCUT2D eigenvalue weighted by Crippen LogP contribution is 2.20. The van der Waals surface area contributed by atoms with Gasteiger partial charge in [-0.3, -0.25) is 9.89 Å². The monoisotopic (exact) mass is 303 g/mol. The standard InChI is InChI=1S/C10H17N5O4S/c1-19-10(16)8-2-4-15(5-3-8)20(17,18)13-6-9-11-7-12-14-9/h7-8,13H,2-6H2,1H3,(H,11,12,14). The Kier molecular flexibility index (Phi) is 4.68. The molecule has 1 aromatic rings. The molecule has 1 saturated heterocycles. The molecule has 2 heterocycles. The van der Waals surface area contributed by atoms with Gasteiger partial charge >= 0.3 is 5.97 Å². The number of hydrogen-bond donors (Lipinski definition) is 2. The lowest BCUT2D eigenvalue weighted by atomic mass is 9.99. The van der Waals surface area contributed by atoms with Crippen LogP contribution in [0.4, 0.5) is 0 Å². The Morgan fingerprint density at radius 1 is 1.55 bits per heavy atom. The minimum Gasteiger partial charge on any atom is -0.469 e. The number of hydrogen-bond acceptors (Lipinski definition) is 6. The van der Waals surface area contributed by atoms with E-state index in [0.717, 1.165) is 0 Å². The Morgan fingerprint density at radius 3 is 2.80 bits per heavy atom. The van der Waals surface area contributed by atoms with Crippen molar-refractivity contribution in [3.05, 3.63) is 12.2 Å². The maximum Gasteiger partial charge on any atom is 0.308 e. The van der Waals surface area contributed by atoms with Crippen molar-refractivity contribution in [1.82, 2.24) is 24.2 Å². The van der Waals surface area contributed by atoms with Gasteiger partial charge in [-0.25, -0.2) is 4.98 Å². The molecule has 10 heteroatoms. The minimum absolute atomic E-state index is 0.0548. The molecule has 2 N–H and O–H groups in total. The third kappa shape index (κ3) is 3.52. The Labute approximate surface area is 116 Å². The Hall–Kier alpha value is -1.52. The molecular weight excluding hydrogens is 286 g/mol. The van der Waals surface area contributed by atoms with Crippen molar-refractivity contribution in [1.29, 1.82) is 0 Å². The molecule has 2 rings (SSSR count). The topological polar surface area (TPSA) is 117 Å². The summed E-state index contributed by atoms with van der Waals surface area (Å²) in [5.74, 6) is -0.0598. The van der Waals surface area contributed by atoms with Crippen LogP contribution in [0.5, 0.6) is 0 Å². The van der Waals surface area contributed by atoms with Gasteiger partial charge in [-0.05, 0) is 12.8 Å². The van der Waals surface area contributed by atoms with Gasteiger partial charge in [0.25, 0.3) is 10.2 Å². The summed E-state index contributed by atoms with van der Waals surface area (Å²) in [5.41, 5.74) is 0. The zero-order valence-electron chi connectivity index (χ0n) is 11.1. The molecule has 0 radical (unpaired) electrons. The van der Waals surface area contributed by atoms with E-state index in [1.54, 1.807) is 0 Å². The zero-order chi connectivity index (χ0) is 14.6. The molecule has 0 saturated carbocycles. The van der Waals surface area contributed by atoms with Gasteiger partial charge in [0.05, 0.1) is 19.6 Å². The van der Waals surface area contributed by atoms with Crippen molar-refractivity contribution < 1.29 is 17.9 Å². The average Bonchev–Trinajstić information content (AvgIpc) is 2.98. The number of aromatic amines is 1. The molecular formula is C10H17N5O4S. The van der Waals surface area contributed by atoms with Crippen molar-refractivity contribution in [3.8, 4) is 0 Å². The lowest BCUT2D eigenvalue weighted by Gasteiger charge is -2.29. The van der Waals surface area contributed by atoms with Crippen molar-refractivity contribution in [2.75, 3.05) is 20.2 Å². The number of piperidine rings is 1. The largest absolute Gasteiger partial charge is 0.469 e. The van der Waals surface area contributed by atoms with Gasteiger partial charge in [-0.15, -0.1) is 0 Å². The highest BCUT2D eigenvalue weighted by molar-refractivity contribution is 7.87. The van der Waals surface area contributed by atoms with Gasteiger partial charge in [-0.2, -0.15) is 22.5 Å². The summed E-state index contributed by atoms with van der Waals surface area (Å²) in [6.07, 6.45) is 2.25. The molecule has 0 spiro atoms. The Balaban J connectivity index is 1.87. The lowest BCUT2D eigenvalue weighted by molar-refractivity contribution is -0.146. The van der Waals surface area contributed by atoms with Gasteiger partial charge in [0.1, 0.15) is 12.2 Å². The number of methoxy groups -OCH3 is 1. The molecule has 1 aliphatic heterocycles. The summed E-state index contributed by atoms with van der Waals surface area (Å²) >= 11 is 0. The van der Waals surface area contributed by atoms with E-state index in [9.17, 15) is 13.2 Å². The smallest absolute Gasteiger partial charge is 0.308 e. The first kappa shape index (κ1) is 14.9. The Bertz CT molecular complexity index is 536. The van der Waals surface area contributed by atoms with E-state index in [1.807, 2.05) is 0 Å². The van der Waals surface area contributed by atoms with Crippen LogP contribution >= 0.6 is 0 Å². The number of aromatic nitrogens is 3. The third-order valence-corrected chi connectivity index (χ3v) is 4.77.